The number of aromatic nitrogens is 1. The number of para-hydroxylation sites is 2. The molecule has 0 unspecified atom stereocenters. The van der Waals surface area contributed by atoms with Gasteiger partial charge in [-0.1, -0.05) is 64.0 Å². The summed E-state index contributed by atoms with van der Waals surface area (Å²) >= 11 is 0. The molecular formula is C23H29NO2. The Hall–Kier alpha value is -2.29. The summed E-state index contributed by atoms with van der Waals surface area (Å²) in [7, 11) is 0. The van der Waals surface area contributed by atoms with Crippen LogP contribution in [0, 0.1) is 0 Å². The smallest absolute Gasteiger partial charge is 0.227 e. The molecule has 0 aliphatic rings. The largest absolute Gasteiger partial charge is 0.494 e. The summed E-state index contributed by atoms with van der Waals surface area (Å²) in [5.74, 6) is 1.56. The van der Waals surface area contributed by atoms with Gasteiger partial charge in [0.2, 0.25) is 5.89 Å². The Bertz CT molecular complexity index is 743. The molecule has 138 valence electrons. The lowest BCUT2D eigenvalue weighted by molar-refractivity contribution is 0.304. The van der Waals surface area contributed by atoms with Gasteiger partial charge in [-0.25, -0.2) is 4.98 Å². The van der Waals surface area contributed by atoms with Gasteiger partial charge in [0.05, 0.1) is 6.61 Å². The Kier molecular flexibility index (Phi) is 7.12. The molecule has 0 amide bonds. The number of hydrogen-bond acceptors (Lipinski definition) is 3. The lowest BCUT2D eigenvalue weighted by atomic mass is 10.1. The van der Waals surface area contributed by atoms with E-state index in [2.05, 4.69) is 11.9 Å². The lowest BCUT2D eigenvalue weighted by Crippen LogP contribution is -1.97. The highest BCUT2D eigenvalue weighted by atomic mass is 16.5. The van der Waals surface area contributed by atoms with E-state index in [-0.39, 0.29) is 0 Å². The third-order valence-electron chi connectivity index (χ3n) is 4.66. The summed E-state index contributed by atoms with van der Waals surface area (Å²) in [4.78, 5) is 4.53. The second kappa shape index (κ2) is 10.0. The highest BCUT2D eigenvalue weighted by molar-refractivity contribution is 5.76. The predicted molar refractivity (Wildman–Crippen MR) is 108 cm³/mol. The summed E-state index contributed by atoms with van der Waals surface area (Å²) in [6, 6.07) is 15.8. The van der Waals surface area contributed by atoms with Gasteiger partial charge >= 0.3 is 0 Å². The molecule has 26 heavy (non-hydrogen) atoms. The van der Waals surface area contributed by atoms with Crippen LogP contribution in [-0.4, -0.2) is 11.6 Å². The average molecular weight is 351 g/mol. The fraction of sp³-hybridized carbons (Fsp3) is 0.435. The minimum Gasteiger partial charge on any atom is -0.494 e. The van der Waals surface area contributed by atoms with Gasteiger partial charge in [0.1, 0.15) is 11.3 Å². The van der Waals surface area contributed by atoms with Gasteiger partial charge in [-0.2, -0.15) is 0 Å². The van der Waals surface area contributed by atoms with Crippen molar-refractivity contribution in [3.8, 4) is 17.2 Å². The van der Waals surface area contributed by atoms with Crippen molar-refractivity contribution in [2.24, 2.45) is 0 Å². The van der Waals surface area contributed by atoms with Gasteiger partial charge in [0, 0.05) is 5.56 Å². The van der Waals surface area contributed by atoms with Crippen LogP contribution in [0.15, 0.2) is 52.9 Å². The lowest BCUT2D eigenvalue weighted by Gasteiger charge is -2.06. The minimum atomic E-state index is 0.654. The molecule has 0 spiro atoms. The van der Waals surface area contributed by atoms with Crippen molar-refractivity contribution < 1.29 is 9.15 Å². The molecule has 0 N–H and O–H groups in total. The standard InChI is InChI=1S/C23H29NO2/c1-2-3-4-5-6-7-8-11-18-25-20-16-14-19(15-17-20)23-24-21-12-9-10-13-22(21)26-23/h9-10,12-17H,2-8,11,18H2,1H3. The van der Waals surface area contributed by atoms with Crippen LogP contribution < -0.4 is 4.74 Å². The predicted octanol–water partition coefficient (Wildman–Crippen LogP) is 7.01. The Morgan fingerprint density at radius 1 is 0.808 bits per heavy atom. The number of fused-ring (bicyclic) bond motifs is 1. The molecule has 0 aliphatic heterocycles. The van der Waals surface area contributed by atoms with E-state index in [9.17, 15) is 0 Å². The second-order valence-electron chi connectivity index (χ2n) is 6.83. The maximum Gasteiger partial charge on any atom is 0.227 e. The molecule has 0 bridgehead atoms. The number of oxazole rings is 1. The Morgan fingerprint density at radius 2 is 1.50 bits per heavy atom. The maximum absolute atomic E-state index is 5.85. The van der Waals surface area contributed by atoms with Crippen LogP contribution >= 0.6 is 0 Å². The van der Waals surface area contributed by atoms with E-state index < -0.39 is 0 Å². The van der Waals surface area contributed by atoms with E-state index in [1.54, 1.807) is 0 Å². The van der Waals surface area contributed by atoms with Gasteiger partial charge in [0.25, 0.3) is 0 Å². The van der Waals surface area contributed by atoms with Crippen LogP contribution in [0.1, 0.15) is 58.3 Å². The molecule has 3 nitrogen and oxygen atoms in total. The second-order valence-corrected chi connectivity index (χ2v) is 6.83. The van der Waals surface area contributed by atoms with Crippen LogP contribution in [0.4, 0.5) is 0 Å². The first kappa shape index (κ1) is 18.5. The third kappa shape index (κ3) is 5.35. The van der Waals surface area contributed by atoms with Crippen molar-refractivity contribution in [1.82, 2.24) is 4.98 Å². The first-order valence-corrected chi connectivity index (χ1v) is 9.95. The molecular weight excluding hydrogens is 322 g/mol. The zero-order valence-electron chi connectivity index (χ0n) is 15.7. The van der Waals surface area contributed by atoms with E-state index in [0.29, 0.717) is 5.89 Å². The minimum absolute atomic E-state index is 0.654. The van der Waals surface area contributed by atoms with Crippen LogP contribution in [0.25, 0.3) is 22.6 Å². The Labute approximate surface area is 156 Å². The normalized spacial score (nSPS) is 11.1. The molecule has 3 aromatic rings. The zero-order chi connectivity index (χ0) is 18.0. The molecule has 3 heteroatoms. The van der Waals surface area contributed by atoms with Crippen molar-refractivity contribution in [2.45, 2.75) is 58.3 Å². The fourth-order valence-electron chi connectivity index (χ4n) is 3.12. The van der Waals surface area contributed by atoms with Crippen LogP contribution in [-0.2, 0) is 0 Å². The van der Waals surface area contributed by atoms with Gasteiger partial charge in [-0.15, -0.1) is 0 Å². The number of benzene rings is 2. The van der Waals surface area contributed by atoms with E-state index in [1.807, 2.05) is 48.5 Å². The SMILES string of the molecule is CCCCCCCCCCOc1ccc(-c2nc3ccccc3o2)cc1. The molecule has 0 radical (unpaired) electrons. The zero-order valence-corrected chi connectivity index (χ0v) is 15.7. The number of rotatable bonds is 11. The van der Waals surface area contributed by atoms with E-state index in [4.69, 9.17) is 9.15 Å². The molecule has 0 saturated carbocycles. The monoisotopic (exact) mass is 351 g/mol. The van der Waals surface area contributed by atoms with Crippen LogP contribution in [0.3, 0.4) is 0 Å². The molecule has 0 fully saturated rings. The maximum atomic E-state index is 5.85. The first-order valence-electron chi connectivity index (χ1n) is 9.95. The van der Waals surface area contributed by atoms with Crippen molar-refractivity contribution in [2.75, 3.05) is 6.61 Å². The summed E-state index contributed by atoms with van der Waals surface area (Å²) in [6.07, 6.45) is 10.5. The van der Waals surface area contributed by atoms with E-state index in [1.165, 1.54) is 44.9 Å². The van der Waals surface area contributed by atoms with Crippen LogP contribution in [0.2, 0.25) is 0 Å². The number of ether oxygens (including phenoxy) is 1. The van der Waals surface area contributed by atoms with E-state index in [0.717, 1.165) is 35.4 Å². The van der Waals surface area contributed by atoms with Gasteiger partial charge < -0.3 is 9.15 Å². The first-order chi connectivity index (χ1) is 12.9. The summed E-state index contributed by atoms with van der Waals surface area (Å²) < 4.78 is 11.7. The number of nitrogens with zero attached hydrogens (tertiary/aromatic N) is 1. The molecule has 0 saturated heterocycles. The van der Waals surface area contributed by atoms with Gasteiger partial charge in [-0.3, -0.25) is 0 Å². The van der Waals surface area contributed by atoms with Gasteiger partial charge in [-0.05, 0) is 42.8 Å². The Balaban J connectivity index is 1.39. The molecule has 0 aliphatic carbocycles. The van der Waals surface area contributed by atoms with Crippen molar-refractivity contribution in [1.29, 1.82) is 0 Å². The molecule has 1 aromatic heterocycles. The number of unbranched alkanes of at least 4 members (excludes halogenated alkanes) is 7. The van der Waals surface area contributed by atoms with Crippen molar-refractivity contribution >= 4 is 11.1 Å². The summed E-state index contributed by atoms with van der Waals surface area (Å²) in [6.45, 7) is 3.05. The highest BCUT2D eigenvalue weighted by Crippen LogP contribution is 2.25. The van der Waals surface area contributed by atoms with Crippen molar-refractivity contribution in [3.05, 3.63) is 48.5 Å². The van der Waals surface area contributed by atoms with Crippen LogP contribution in [0.5, 0.6) is 5.75 Å². The topological polar surface area (TPSA) is 35.3 Å². The summed E-state index contributed by atoms with van der Waals surface area (Å²) in [5, 5.41) is 0. The third-order valence-corrected chi connectivity index (χ3v) is 4.66. The summed E-state index contributed by atoms with van der Waals surface area (Å²) in [5.41, 5.74) is 2.68. The number of hydrogen-bond donors (Lipinski definition) is 0. The quantitative estimate of drug-likeness (QED) is 0.348. The molecule has 3 rings (SSSR count). The fourth-order valence-corrected chi connectivity index (χ4v) is 3.12. The molecule has 0 atom stereocenters. The average Bonchev–Trinajstić information content (AvgIpc) is 3.11. The van der Waals surface area contributed by atoms with Crippen molar-refractivity contribution in [3.63, 3.8) is 0 Å². The van der Waals surface area contributed by atoms with E-state index >= 15 is 0 Å². The molecule has 2 aromatic carbocycles. The Morgan fingerprint density at radius 3 is 2.23 bits per heavy atom. The highest BCUT2D eigenvalue weighted by Gasteiger charge is 2.07. The van der Waals surface area contributed by atoms with Gasteiger partial charge in [0.15, 0.2) is 5.58 Å². The molecule has 1 heterocycles.